The number of methoxy groups -OCH3 is 1. The maximum atomic E-state index is 13.8. The van der Waals surface area contributed by atoms with Crippen LogP contribution in [0.25, 0.3) is 0 Å². The molecule has 0 aliphatic carbocycles. The number of sulfone groups is 1. The molecule has 0 unspecified atom stereocenters. The van der Waals surface area contributed by atoms with Gasteiger partial charge in [-0.05, 0) is 42.0 Å². The number of halogens is 4. The van der Waals surface area contributed by atoms with Crippen LogP contribution in [0.4, 0.5) is 13.2 Å². The van der Waals surface area contributed by atoms with Crippen LogP contribution in [0.1, 0.15) is 22.5 Å². The second kappa shape index (κ2) is 11.7. The predicted molar refractivity (Wildman–Crippen MR) is 143 cm³/mol. The molecule has 2 aromatic carbocycles. The van der Waals surface area contributed by atoms with Gasteiger partial charge in [0.15, 0.2) is 15.5 Å². The van der Waals surface area contributed by atoms with Crippen LogP contribution in [0.2, 0.25) is 5.02 Å². The Balaban J connectivity index is 1.81. The zero-order valence-electron chi connectivity index (χ0n) is 21.7. The second-order valence-corrected chi connectivity index (χ2v) is 11.2. The first-order valence-electron chi connectivity index (χ1n) is 11.7. The minimum Gasteiger partial charge on any atom is -0.497 e. The molecule has 2 heterocycles. The summed E-state index contributed by atoms with van der Waals surface area (Å²) in [7, 11) is -2.61. The first kappa shape index (κ1) is 30.3. The number of aromatic nitrogens is 4. The lowest BCUT2D eigenvalue weighted by molar-refractivity contribution is -0.142. The van der Waals surface area contributed by atoms with Crippen LogP contribution in [0.15, 0.2) is 69.3 Å². The van der Waals surface area contributed by atoms with Crippen molar-refractivity contribution in [2.75, 3.05) is 13.4 Å². The van der Waals surface area contributed by atoms with Gasteiger partial charge in [0.05, 0.1) is 43.9 Å². The zero-order valence-corrected chi connectivity index (χ0v) is 23.3. The smallest absolute Gasteiger partial charge is 0.437 e. The molecule has 4 aromatic rings. The lowest BCUT2D eigenvalue weighted by Crippen LogP contribution is -2.31. The molecule has 0 amide bonds. The van der Waals surface area contributed by atoms with E-state index in [9.17, 15) is 31.2 Å². The van der Waals surface area contributed by atoms with Crippen molar-refractivity contribution in [2.24, 2.45) is 0 Å². The predicted octanol–water partition coefficient (Wildman–Crippen LogP) is 3.64. The van der Waals surface area contributed by atoms with Crippen molar-refractivity contribution in [2.45, 2.75) is 24.2 Å². The Labute approximate surface area is 240 Å². The third kappa shape index (κ3) is 6.78. The fourth-order valence-electron chi connectivity index (χ4n) is 3.78. The lowest BCUT2D eigenvalue weighted by atomic mass is 10.2. The fourth-order valence-corrected chi connectivity index (χ4v) is 4.78. The van der Waals surface area contributed by atoms with Crippen molar-refractivity contribution in [1.82, 2.24) is 19.3 Å². The topological polar surface area (TPSA) is 146 Å². The van der Waals surface area contributed by atoms with Crippen LogP contribution in [-0.4, -0.2) is 41.1 Å². The average molecular weight is 622 g/mol. The molecule has 0 N–H and O–H groups in total. The lowest BCUT2D eigenvalue weighted by Gasteiger charge is -2.15. The second-order valence-electron chi connectivity index (χ2n) is 8.83. The molecule has 0 radical (unpaired) electrons. The number of hydrogen-bond acceptors (Lipinski definition) is 9. The van der Waals surface area contributed by atoms with E-state index in [2.05, 4.69) is 10.1 Å². The summed E-state index contributed by atoms with van der Waals surface area (Å²) in [6.45, 7) is -0.742. The van der Waals surface area contributed by atoms with E-state index >= 15 is 0 Å². The summed E-state index contributed by atoms with van der Waals surface area (Å²) < 4.78 is 78.0. The number of nitrogens with zero attached hydrogens (tertiary/aromatic N) is 5. The molecule has 0 atom stereocenters. The quantitative estimate of drug-likeness (QED) is 0.288. The Morgan fingerprint density at radius 2 is 1.71 bits per heavy atom. The maximum Gasteiger partial charge on any atom is 0.437 e. The van der Waals surface area contributed by atoms with E-state index in [0.29, 0.717) is 22.2 Å². The van der Waals surface area contributed by atoms with Gasteiger partial charge in [0.25, 0.3) is 11.1 Å². The van der Waals surface area contributed by atoms with E-state index in [1.165, 1.54) is 13.2 Å². The molecule has 218 valence electrons. The van der Waals surface area contributed by atoms with Crippen molar-refractivity contribution in [1.29, 1.82) is 5.26 Å². The molecule has 0 aliphatic rings. The standard InChI is InChI=1S/C26H19ClF3N5O6S/c1-40-19-5-3-15(4-6-19)12-35-24(36)21(42(2,38)39)10-18(33-35)13-34-14-32-23(26(28,29)30)22(25(34)37)41-20-8-16(11-31)7-17(27)9-20/h3-10,14H,12-13H2,1-2H3. The third-order valence-corrected chi connectivity index (χ3v) is 7.01. The molecule has 42 heavy (non-hydrogen) atoms. The molecule has 2 aromatic heterocycles. The van der Waals surface area contributed by atoms with Gasteiger partial charge in [-0.2, -0.15) is 23.5 Å². The van der Waals surface area contributed by atoms with E-state index in [0.717, 1.165) is 29.1 Å². The average Bonchev–Trinajstić information content (AvgIpc) is 2.91. The molecule has 0 saturated carbocycles. The van der Waals surface area contributed by atoms with Crippen LogP contribution in [0.5, 0.6) is 17.2 Å². The van der Waals surface area contributed by atoms with Gasteiger partial charge in [0, 0.05) is 11.3 Å². The highest BCUT2D eigenvalue weighted by molar-refractivity contribution is 7.90. The minimum atomic E-state index is -5.10. The van der Waals surface area contributed by atoms with Gasteiger partial charge in [-0.25, -0.2) is 18.1 Å². The first-order chi connectivity index (χ1) is 19.7. The Bertz CT molecular complexity index is 1930. The summed E-state index contributed by atoms with van der Waals surface area (Å²) in [5.41, 5.74) is -3.50. The summed E-state index contributed by atoms with van der Waals surface area (Å²) in [5.74, 6) is -1.00. The van der Waals surface area contributed by atoms with Gasteiger partial charge in [0.1, 0.15) is 16.4 Å². The number of hydrogen-bond donors (Lipinski definition) is 0. The molecule has 0 fully saturated rings. The van der Waals surface area contributed by atoms with Gasteiger partial charge in [-0.15, -0.1) is 0 Å². The van der Waals surface area contributed by atoms with Crippen molar-refractivity contribution >= 4 is 21.4 Å². The van der Waals surface area contributed by atoms with Gasteiger partial charge in [-0.3, -0.25) is 14.2 Å². The van der Waals surface area contributed by atoms with E-state index < -0.39 is 50.0 Å². The summed E-state index contributed by atoms with van der Waals surface area (Å²) >= 11 is 5.91. The molecule has 0 aliphatic heterocycles. The summed E-state index contributed by atoms with van der Waals surface area (Å²) in [4.78, 5) is 28.9. The largest absolute Gasteiger partial charge is 0.497 e. The highest BCUT2D eigenvalue weighted by Crippen LogP contribution is 2.35. The number of rotatable bonds is 8. The summed E-state index contributed by atoms with van der Waals surface area (Å²) in [5, 5.41) is 13.3. The fraction of sp³-hybridized carbons (Fsp3) is 0.192. The van der Waals surface area contributed by atoms with Crippen molar-refractivity contribution in [3.63, 3.8) is 0 Å². The Morgan fingerprint density at radius 1 is 1.02 bits per heavy atom. The molecule has 0 bridgehead atoms. The Kier molecular flexibility index (Phi) is 8.41. The first-order valence-corrected chi connectivity index (χ1v) is 14.0. The number of ether oxygens (including phenoxy) is 2. The molecule has 4 rings (SSSR count). The Morgan fingerprint density at radius 3 is 2.31 bits per heavy atom. The summed E-state index contributed by atoms with van der Waals surface area (Å²) in [6, 6.07) is 12.6. The van der Waals surface area contributed by atoms with Gasteiger partial charge >= 0.3 is 6.18 Å². The van der Waals surface area contributed by atoms with Crippen LogP contribution in [0, 0.1) is 11.3 Å². The van der Waals surface area contributed by atoms with Gasteiger partial charge < -0.3 is 9.47 Å². The van der Waals surface area contributed by atoms with Crippen molar-refractivity contribution < 1.29 is 31.1 Å². The Hall–Kier alpha value is -4.68. The SMILES string of the molecule is COc1ccc(Cn2nc(Cn3cnc(C(F)(F)F)c(Oc4cc(Cl)cc(C#N)c4)c3=O)cc(S(C)(=O)=O)c2=O)cc1. The maximum absolute atomic E-state index is 13.8. The molecular formula is C26H19ClF3N5O6S. The molecule has 16 heteroatoms. The van der Waals surface area contributed by atoms with E-state index in [-0.39, 0.29) is 28.6 Å². The highest BCUT2D eigenvalue weighted by atomic mass is 35.5. The normalized spacial score (nSPS) is 11.6. The number of alkyl halides is 3. The van der Waals surface area contributed by atoms with Crippen LogP contribution >= 0.6 is 11.6 Å². The monoisotopic (exact) mass is 621 g/mol. The zero-order chi connectivity index (χ0) is 30.8. The van der Waals surface area contributed by atoms with Crippen LogP contribution in [-0.2, 0) is 29.1 Å². The molecule has 0 saturated heterocycles. The molecule has 11 nitrogen and oxygen atoms in total. The summed E-state index contributed by atoms with van der Waals surface area (Å²) in [6.07, 6.45) is -3.70. The van der Waals surface area contributed by atoms with Gasteiger partial charge in [0.2, 0.25) is 5.75 Å². The minimum absolute atomic E-state index is 0.0292. The van der Waals surface area contributed by atoms with E-state index in [1.807, 2.05) is 0 Å². The number of benzene rings is 2. The van der Waals surface area contributed by atoms with Crippen LogP contribution in [0.3, 0.4) is 0 Å². The van der Waals surface area contributed by atoms with Crippen molar-refractivity contribution in [3.05, 3.63) is 103 Å². The van der Waals surface area contributed by atoms with E-state index in [1.54, 1.807) is 30.3 Å². The van der Waals surface area contributed by atoms with Crippen molar-refractivity contribution in [3.8, 4) is 23.3 Å². The van der Waals surface area contributed by atoms with Crippen LogP contribution < -0.4 is 20.6 Å². The van der Waals surface area contributed by atoms with E-state index in [4.69, 9.17) is 26.3 Å². The van der Waals surface area contributed by atoms with Gasteiger partial charge in [-0.1, -0.05) is 23.7 Å². The highest BCUT2D eigenvalue weighted by Gasteiger charge is 2.39. The molecular weight excluding hydrogens is 603 g/mol. The third-order valence-electron chi connectivity index (χ3n) is 5.70. The molecule has 0 spiro atoms. The number of nitriles is 1.